The number of carbonyl (C=O) groups is 2. The van der Waals surface area contributed by atoms with Crippen molar-refractivity contribution in [2.75, 3.05) is 25.3 Å². The van der Waals surface area contributed by atoms with Crippen LogP contribution in [0.25, 0.3) is 5.57 Å². The Hall–Kier alpha value is -3.22. The molecule has 0 N–H and O–H groups in total. The number of para-hydroxylation sites is 1. The Morgan fingerprint density at radius 3 is 2.17 bits per heavy atom. The van der Waals surface area contributed by atoms with Crippen LogP contribution in [0.5, 0.6) is 0 Å². The number of fused-ring (bicyclic) bond motifs is 2. The van der Waals surface area contributed by atoms with E-state index in [1.165, 1.54) is 15.4 Å². The molecule has 0 spiro atoms. The van der Waals surface area contributed by atoms with Crippen LogP contribution in [-0.2, 0) is 0 Å². The number of thiophene rings is 1. The third-order valence-electron chi connectivity index (χ3n) is 5.44. The van der Waals surface area contributed by atoms with Gasteiger partial charge in [0.1, 0.15) is 6.67 Å². The van der Waals surface area contributed by atoms with Crippen LogP contribution in [0.3, 0.4) is 0 Å². The van der Waals surface area contributed by atoms with Gasteiger partial charge in [0.05, 0.1) is 16.8 Å². The standard InChI is InChI=1S/C23H19N3O2S/c1-24-20-10-5-4-7-16(20)17(21-11-6-14-29-21)12-13-25(24)15-26-22(27)18-8-2-3-9-19(18)23(26)28/h2-12,14H,13,15H2,1H3. The normalized spacial score (nSPS) is 16.5. The maximum absolute atomic E-state index is 12.8. The Kier molecular flexibility index (Phi) is 4.30. The van der Waals surface area contributed by atoms with Crippen molar-refractivity contribution in [2.24, 2.45) is 0 Å². The summed E-state index contributed by atoms with van der Waals surface area (Å²) in [6.07, 6.45) is 2.17. The summed E-state index contributed by atoms with van der Waals surface area (Å²) in [6.45, 7) is 0.789. The van der Waals surface area contributed by atoms with Crippen molar-refractivity contribution in [1.29, 1.82) is 0 Å². The predicted molar refractivity (Wildman–Crippen MR) is 115 cm³/mol. The third kappa shape index (κ3) is 2.88. The fourth-order valence-corrected chi connectivity index (χ4v) is 4.69. The fourth-order valence-electron chi connectivity index (χ4n) is 3.91. The van der Waals surface area contributed by atoms with Crippen molar-refractivity contribution < 1.29 is 9.59 Å². The second-order valence-corrected chi connectivity index (χ2v) is 8.00. The summed E-state index contributed by atoms with van der Waals surface area (Å²) in [5.74, 6) is -0.474. The SMILES string of the molecule is CN1c2ccccc2C(c2cccs2)=CCN1CN1C(=O)c2ccccc2C1=O. The highest BCUT2D eigenvalue weighted by atomic mass is 32.1. The highest BCUT2D eigenvalue weighted by Crippen LogP contribution is 2.36. The molecule has 0 aliphatic carbocycles. The van der Waals surface area contributed by atoms with E-state index < -0.39 is 0 Å². The van der Waals surface area contributed by atoms with Gasteiger partial charge in [0.15, 0.2) is 0 Å². The van der Waals surface area contributed by atoms with Crippen LogP contribution >= 0.6 is 11.3 Å². The maximum Gasteiger partial charge on any atom is 0.262 e. The highest BCUT2D eigenvalue weighted by Gasteiger charge is 2.37. The molecule has 0 saturated carbocycles. The second-order valence-electron chi connectivity index (χ2n) is 7.05. The number of carbonyl (C=O) groups excluding carboxylic acids is 2. The monoisotopic (exact) mass is 401 g/mol. The van der Waals surface area contributed by atoms with Gasteiger partial charge in [-0.15, -0.1) is 11.3 Å². The smallest absolute Gasteiger partial charge is 0.262 e. The fraction of sp³-hybridized carbons (Fsp3) is 0.130. The van der Waals surface area contributed by atoms with Gasteiger partial charge in [-0.2, -0.15) is 5.01 Å². The lowest BCUT2D eigenvalue weighted by Gasteiger charge is -2.34. The molecule has 3 heterocycles. The third-order valence-corrected chi connectivity index (χ3v) is 6.35. The predicted octanol–water partition coefficient (Wildman–Crippen LogP) is 4.10. The molecule has 1 aromatic heterocycles. The Morgan fingerprint density at radius 2 is 1.52 bits per heavy atom. The number of amides is 2. The second kappa shape index (κ2) is 6.99. The zero-order valence-corrected chi connectivity index (χ0v) is 16.7. The van der Waals surface area contributed by atoms with Crippen molar-refractivity contribution in [3.8, 4) is 0 Å². The van der Waals surface area contributed by atoms with Crippen LogP contribution in [0, 0.1) is 0 Å². The summed E-state index contributed by atoms with van der Waals surface area (Å²) in [5.41, 5.74) is 4.31. The number of rotatable bonds is 3. The van der Waals surface area contributed by atoms with Gasteiger partial charge >= 0.3 is 0 Å². The van der Waals surface area contributed by atoms with E-state index in [4.69, 9.17) is 0 Å². The van der Waals surface area contributed by atoms with Crippen LogP contribution in [0.2, 0.25) is 0 Å². The van der Waals surface area contributed by atoms with Gasteiger partial charge in [0, 0.05) is 24.0 Å². The average Bonchev–Trinajstić information content (AvgIpc) is 3.33. The first-order chi connectivity index (χ1) is 14.1. The van der Waals surface area contributed by atoms with Crippen molar-refractivity contribution >= 4 is 34.4 Å². The van der Waals surface area contributed by atoms with E-state index in [9.17, 15) is 9.59 Å². The molecular formula is C23H19N3O2S. The Bertz CT molecular complexity index is 1100. The number of nitrogens with zero attached hydrogens (tertiary/aromatic N) is 3. The summed E-state index contributed by atoms with van der Waals surface area (Å²) in [7, 11) is 1.97. The lowest BCUT2D eigenvalue weighted by atomic mass is 10.0. The van der Waals surface area contributed by atoms with Gasteiger partial charge in [-0.05, 0) is 35.2 Å². The molecule has 2 aromatic carbocycles. The molecule has 5 rings (SSSR count). The van der Waals surface area contributed by atoms with Crippen molar-refractivity contribution in [1.82, 2.24) is 9.91 Å². The summed E-state index contributed by atoms with van der Waals surface area (Å²) in [5, 5.41) is 6.13. The number of anilines is 1. The van der Waals surface area contributed by atoms with Gasteiger partial charge in [-0.1, -0.05) is 42.5 Å². The summed E-state index contributed by atoms with van der Waals surface area (Å²) < 4.78 is 0. The Balaban J connectivity index is 1.50. The minimum Gasteiger partial charge on any atom is -0.306 e. The van der Waals surface area contributed by atoms with E-state index >= 15 is 0 Å². The zero-order valence-electron chi connectivity index (χ0n) is 15.9. The van der Waals surface area contributed by atoms with Crippen LogP contribution in [0.1, 0.15) is 31.2 Å². The maximum atomic E-state index is 12.8. The molecule has 2 aliphatic heterocycles. The molecule has 3 aromatic rings. The van der Waals surface area contributed by atoms with Gasteiger partial charge in [-0.3, -0.25) is 14.5 Å². The number of hydrazine groups is 1. The summed E-state index contributed by atoms with van der Waals surface area (Å²) in [4.78, 5) is 28.2. The zero-order chi connectivity index (χ0) is 20.0. The van der Waals surface area contributed by atoms with Crippen molar-refractivity contribution in [3.63, 3.8) is 0 Å². The van der Waals surface area contributed by atoms with E-state index in [0.717, 1.165) is 11.3 Å². The topological polar surface area (TPSA) is 43.9 Å². The molecule has 0 saturated heterocycles. The molecule has 0 unspecified atom stereocenters. The van der Waals surface area contributed by atoms with Gasteiger partial charge in [0.2, 0.25) is 0 Å². The molecule has 2 amide bonds. The number of imide groups is 1. The molecule has 0 fully saturated rings. The average molecular weight is 401 g/mol. The molecule has 2 aliphatic rings. The first-order valence-electron chi connectivity index (χ1n) is 9.42. The molecule has 29 heavy (non-hydrogen) atoms. The number of benzene rings is 2. The molecule has 6 heteroatoms. The number of hydrogen-bond acceptors (Lipinski definition) is 5. The number of hydrogen-bond donors (Lipinski definition) is 0. The van der Waals surface area contributed by atoms with Gasteiger partial charge < -0.3 is 5.01 Å². The van der Waals surface area contributed by atoms with Crippen LogP contribution in [-0.4, -0.2) is 42.0 Å². The molecule has 0 atom stereocenters. The first kappa shape index (κ1) is 17.8. The Labute approximate surface area is 173 Å². The highest BCUT2D eigenvalue weighted by molar-refractivity contribution is 7.11. The molecular weight excluding hydrogens is 382 g/mol. The largest absolute Gasteiger partial charge is 0.306 e. The lowest BCUT2D eigenvalue weighted by Crippen LogP contribution is -2.48. The molecule has 5 nitrogen and oxygen atoms in total. The van der Waals surface area contributed by atoms with Gasteiger partial charge in [-0.25, -0.2) is 0 Å². The van der Waals surface area contributed by atoms with E-state index in [-0.39, 0.29) is 18.5 Å². The van der Waals surface area contributed by atoms with Crippen LogP contribution < -0.4 is 5.01 Å². The Morgan fingerprint density at radius 1 is 0.862 bits per heavy atom. The van der Waals surface area contributed by atoms with Crippen LogP contribution in [0.15, 0.2) is 72.1 Å². The quantitative estimate of drug-likeness (QED) is 0.620. The van der Waals surface area contributed by atoms with Crippen LogP contribution in [0.4, 0.5) is 5.69 Å². The summed E-state index contributed by atoms with van der Waals surface area (Å²) >= 11 is 1.71. The molecule has 0 bridgehead atoms. The minimum absolute atomic E-state index is 0.200. The minimum atomic E-state index is -0.237. The van der Waals surface area contributed by atoms with E-state index in [0.29, 0.717) is 17.7 Å². The van der Waals surface area contributed by atoms with E-state index in [1.807, 2.05) is 29.2 Å². The van der Waals surface area contributed by atoms with Gasteiger partial charge in [0.25, 0.3) is 11.8 Å². The molecule has 0 radical (unpaired) electrons. The molecule has 144 valence electrons. The first-order valence-corrected chi connectivity index (χ1v) is 10.3. The van der Waals surface area contributed by atoms with E-state index in [1.54, 1.807) is 35.6 Å². The summed E-state index contributed by atoms with van der Waals surface area (Å²) in [6, 6.07) is 19.4. The lowest BCUT2D eigenvalue weighted by molar-refractivity contribution is 0.0547. The van der Waals surface area contributed by atoms with E-state index in [2.05, 4.69) is 35.7 Å². The van der Waals surface area contributed by atoms with Crippen molar-refractivity contribution in [2.45, 2.75) is 0 Å². The van der Waals surface area contributed by atoms with Crippen molar-refractivity contribution in [3.05, 3.63) is 93.7 Å².